The fraction of sp³-hybridized carbons (Fsp3) is 0.0417. The molecule has 1 N–H and O–H groups in total. The van der Waals surface area contributed by atoms with E-state index in [1.54, 1.807) is 0 Å². The maximum absolute atomic E-state index is 12.8. The number of hydrogen-bond donors (Lipinski definition) is 1. The van der Waals surface area contributed by atoms with E-state index in [9.17, 15) is 4.79 Å². The normalized spacial score (nSPS) is 11.0. The van der Waals surface area contributed by atoms with Gasteiger partial charge in [-0.1, -0.05) is 83.6 Å². The van der Waals surface area contributed by atoms with E-state index in [-0.39, 0.29) is 5.91 Å². The summed E-state index contributed by atoms with van der Waals surface area (Å²) in [6.45, 7) is 2.06. The summed E-state index contributed by atoms with van der Waals surface area (Å²) in [5.74, 6) is -0.236. The third kappa shape index (κ3) is 3.63. The number of aromatic nitrogens is 2. The highest BCUT2D eigenvalue weighted by Gasteiger charge is 2.18. The molecule has 0 aliphatic heterocycles. The third-order valence-corrected chi connectivity index (χ3v) is 6.75. The number of hydrogen-bond acceptors (Lipinski definition) is 5. The Morgan fingerprint density at radius 3 is 2.30 bits per heavy atom. The number of carbonyl (C=O) groups excluding carboxylic acids is 1. The number of nitrogens with one attached hydrogen (secondary N) is 1. The minimum atomic E-state index is -0.236. The predicted octanol–water partition coefficient (Wildman–Crippen LogP) is 6.65. The van der Waals surface area contributed by atoms with Crippen molar-refractivity contribution in [2.75, 3.05) is 5.32 Å². The van der Waals surface area contributed by atoms with Gasteiger partial charge in [0.05, 0.1) is 20.8 Å². The van der Waals surface area contributed by atoms with E-state index in [1.807, 2.05) is 42.5 Å². The highest BCUT2D eigenvalue weighted by molar-refractivity contribution is 7.21. The molecule has 6 heteroatoms. The van der Waals surface area contributed by atoms with Gasteiger partial charge in [-0.2, -0.15) is 0 Å². The number of rotatable bonds is 4. The summed E-state index contributed by atoms with van der Waals surface area (Å²) < 4.78 is 0.993. The smallest absolute Gasteiger partial charge is 0.286 e. The maximum atomic E-state index is 12.8. The topological polar surface area (TPSA) is 54.9 Å². The van der Waals surface area contributed by atoms with Crippen LogP contribution in [0.2, 0.25) is 0 Å². The van der Waals surface area contributed by atoms with Gasteiger partial charge in [-0.3, -0.25) is 10.1 Å². The van der Waals surface area contributed by atoms with Crippen LogP contribution in [0.3, 0.4) is 0 Å². The summed E-state index contributed by atoms with van der Waals surface area (Å²) in [6, 6.07) is 26.2. The summed E-state index contributed by atoms with van der Waals surface area (Å²) in [7, 11) is 0. The molecular formula is C24H17N3OS2. The van der Waals surface area contributed by atoms with Crippen LogP contribution in [0.1, 0.15) is 15.4 Å². The minimum absolute atomic E-state index is 0.236. The highest BCUT2D eigenvalue weighted by atomic mass is 32.1. The van der Waals surface area contributed by atoms with Crippen molar-refractivity contribution in [3.63, 3.8) is 0 Å². The largest absolute Gasteiger partial charge is 0.296 e. The monoisotopic (exact) mass is 427 g/mol. The van der Waals surface area contributed by atoms with Gasteiger partial charge in [-0.15, -0.1) is 11.3 Å². The first-order chi connectivity index (χ1) is 14.7. The molecule has 0 bridgehead atoms. The SMILES string of the molecule is Cc1ccc(-c2nc(NC(=O)c3nc4ccccc4s3)sc2-c2ccccc2)cc1. The molecule has 2 aromatic heterocycles. The van der Waals surface area contributed by atoms with Gasteiger partial charge < -0.3 is 0 Å². The Bertz CT molecular complexity index is 1310. The Hall–Kier alpha value is -3.35. The molecule has 0 spiro atoms. The summed E-state index contributed by atoms with van der Waals surface area (Å²) in [6.07, 6.45) is 0. The maximum Gasteiger partial charge on any atom is 0.286 e. The van der Waals surface area contributed by atoms with E-state index in [2.05, 4.69) is 53.6 Å². The van der Waals surface area contributed by atoms with Crippen molar-refractivity contribution < 1.29 is 4.79 Å². The Labute approximate surface area is 181 Å². The average molecular weight is 428 g/mol. The fourth-order valence-electron chi connectivity index (χ4n) is 3.19. The molecule has 3 aromatic carbocycles. The van der Waals surface area contributed by atoms with E-state index >= 15 is 0 Å². The number of anilines is 1. The number of para-hydroxylation sites is 1. The van der Waals surface area contributed by atoms with Crippen LogP contribution in [0.25, 0.3) is 31.9 Å². The average Bonchev–Trinajstić information content (AvgIpc) is 3.39. The van der Waals surface area contributed by atoms with Gasteiger partial charge in [-0.25, -0.2) is 9.97 Å². The van der Waals surface area contributed by atoms with E-state index in [0.29, 0.717) is 10.1 Å². The van der Waals surface area contributed by atoms with Crippen LogP contribution in [0, 0.1) is 6.92 Å². The molecule has 0 aliphatic carbocycles. The number of aryl methyl sites for hydroxylation is 1. The van der Waals surface area contributed by atoms with Gasteiger partial charge in [-0.05, 0) is 24.6 Å². The molecule has 5 rings (SSSR count). The van der Waals surface area contributed by atoms with E-state index < -0.39 is 0 Å². The van der Waals surface area contributed by atoms with Crippen LogP contribution < -0.4 is 5.32 Å². The predicted molar refractivity (Wildman–Crippen MR) is 125 cm³/mol. The summed E-state index contributed by atoms with van der Waals surface area (Å²) in [5.41, 5.74) is 4.99. The second-order valence-electron chi connectivity index (χ2n) is 6.87. The molecule has 0 unspecified atom stereocenters. The minimum Gasteiger partial charge on any atom is -0.296 e. The van der Waals surface area contributed by atoms with Crippen molar-refractivity contribution in [1.82, 2.24) is 9.97 Å². The molecule has 30 heavy (non-hydrogen) atoms. The number of amides is 1. The van der Waals surface area contributed by atoms with Crippen LogP contribution >= 0.6 is 22.7 Å². The Balaban J connectivity index is 1.52. The molecule has 0 fully saturated rings. The number of carbonyl (C=O) groups is 1. The number of thiazole rings is 2. The lowest BCUT2D eigenvalue weighted by molar-refractivity contribution is 0.102. The summed E-state index contributed by atoms with van der Waals surface area (Å²) in [4.78, 5) is 23.1. The van der Waals surface area contributed by atoms with Crippen molar-refractivity contribution in [2.45, 2.75) is 6.92 Å². The second kappa shape index (κ2) is 7.82. The van der Waals surface area contributed by atoms with Crippen LogP contribution in [0.15, 0.2) is 78.9 Å². The van der Waals surface area contributed by atoms with Gasteiger partial charge in [0.15, 0.2) is 10.1 Å². The van der Waals surface area contributed by atoms with Crippen LogP contribution in [-0.4, -0.2) is 15.9 Å². The van der Waals surface area contributed by atoms with Crippen LogP contribution in [-0.2, 0) is 0 Å². The first-order valence-electron chi connectivity index (χ1n) is 9.47. The highest BCUT2D eigenvalue weighted by Crippen LogP contribution is 2.39. The third-order valence-electron chi connectivity index (χ3n) is 4.70. The van der Waals surface area contributed by atoms with Gasteiger partial charge >= 0.3 is 0 Å². The molecule has 146 valence electrons. The lowest BCUT2D eigenvalue weighted by atomic mass is 10.1. The van der Waals surface area contributed by atoms with Gasteiger partial charge in [0.2, 0.25) is 0 Å². The molecule has 0 saturated heterocycles. The molecule has 0 saturated carbocycles. The lowest BCUT2D eigenvalue weighted by Gasteiger charge is -2.03. The van der Waals surface area contributed by atoms with Crippen LogP contribution in [0.4, 0.5) is 5.13 Å². The van der Waals surface area contributed by atoms with Crippen molar-refractivity contribution in [3.05, 3.63) is 89.4 Å². The molecule has 0 aliphatic rings. The molecule has 1 amide bonds. The Morgan fingerprint density at radius 2 is 1.53 bits per heavy atom. The molecule has 5 aromatic rings. The lowest BCUT2D eigenvalue weighted by Crippen LogP contribution is -2.11. The zero-order chi connectivity index (χ0) is 20.5. The summed E-state index contributed by atoms with van der Waals surface area (Å²) >= 11 is 2.86. The zero-order valence-corrected chi connectivity index (χ0v) is 17.8. The molecule has 4 nitrogen and oxygen atoms in total. The molecular weight excluding hydrogens is 410 g/mol. The fourth-order valence-corrected chi connectivity index (χ4v) is 5.03. The first kappa shape index (κ1) is 18.7. The second-order valence-corrected chi connectivity index (χ2v) is 8.90. The quantitative estimate of drug-likeness (QED) is 0.349. The van der Waals surface area contributed by atoms with Gasteiger partial charge in [0.1, 0.15) is 0 Å². The van der Waals surface area contributed by atoms with Crippen molar-refractivity contribution in [2.24, 2.45) is 0 Å². The first-order valence-corrected chi connectivity index (χ1v) is 11.1. The number of nitrogens with zero attached hydrogens (tertiary/aromatic N) is 2. The Morgan fingerprint density at radius 1 is 0.800 bits per heavy atom. The van der Waals surface area contributed by atoms with Crippen molar-refractivity contribution >= 4 is 43.9 Å². The van der Waals surface area contributed by atoms with Crippen molar-refractivity contribution in [1.29, 1.82) is 0 Å². The van der Waals surface area contributed by atoms with E-state index in [1.165, 1.54) is 28.2 Å². The zero-order valence-electron chi connectivity index (χ0n) is 16.1. The van der Waals surface area contributed by atoms with Crippen molar-refractivity contribution in [3.8, 4) is 21.7 Å². The number of benzene rings is 3. The summed E-state index contributed by atoms with van der Waals surface area (Å²) in [5, 5.41) is 3.95. The standard InChI is InChI=1S/C24H17N3OS2/c1-15-11-13-16(14-12-15)20-21(17-7-3-2-4-8-17)30-24(26-20)27-22(28)23-25-18-9-5-6-10-19(18)29-23/h2-14H,1H3,(H,26,27,28). The van der Waals surface area contributed by atoms with E-state index in [0.717, 1.165) is 31.9 Å². The van der Waals surface area contributed by atoms with Crippen LogP contribution in [0.5, 0.6) is 0 Å². The number of fused-ring (bicyclic) bond motifs is 1. The Kier molecular flexibility index (Phi) is 4.86. The molecule has 0 atom stereocenters. The molecule has 2 heterocycles. The van der Waals surface area contributed by atoms with Gasteiger partial charge in [0, 0.05) is 5.56 Å². The molecule has 0 radical (unpaired) electrons. The van der Waals surface area contributed by atoms with E-state index in [4.69, 9.17) is 4.98 Å². The van der Waals surface area contributed by atoms with Gasteiger partial charge in [0.25, 0.3) is 5.91 Å².